The Morgan fingerprint density at radius 3 is 2.73 bits per heavy atom. The van der Waals surface area contributed by atoms with Crippen molar-refractivity contribution in [3.63, 3.8) is 0 Å². The molecule has 0 saturated carbocycles. The van der Waals surface area contributed by atoms with Crippen molar-refractivity contribution in [2.24, 2.45) is 0 Å². The zero-order valence-corrected chi connectivity index (χ0v) is 16.1. The minimum atomic E-state index is -4.62. The fourth-order valence-corrected chi connectivity index (χ4v) is 3.56. The highest BCUT2D eigenvalue weighted by molar-refractivity contribution is 5.81. The first-order valence-electron chi connectivity index (χ1n) is 9.22. The van der Waals surface area contributed by atoms with E-state index in [9.17, 15) is 32.7 Å². The molecule has 1 aliphatic rings. The number of aliphatic hydroxyl groups is 1. The molecule has 0 bridgehead atoms. The molecule has 162 valence electrons. The smallest absolute Gasteiger partial charge is 0.416 e. The van der Waals surface area contributed by atoms with E-state index in [-0.39, 0.29) is 17.3 Å². The molecule has 1 amide bonds. The van der Waals surface area contributed by atoms with Gasteiger partial charge in [-0.05, 0) is 31.0 Å². The van der Waals surface area contributed by atoms with E-state index in [0.29, 0.717) is 25.5 Å². The number of piperidine rings is 1. The topological polar surface area (TPSA) is 102 Å². The number of halogens is 3. The quantitative estimate of drug-likeness (QED) is 0.801. The van der Waals surface area contributed by atoms with Crippen LogP contribution in [0.3, 0.4) is 0 Å². The van der Waals surface area contributed by atoms with Gasteiger partial charge < -0.3 is 14.7 Å². The van der Waals surface area contributed by atoms with Gasteiger partial charge in [-0.15, -0.1) is 0 Å². The average molecular weight is 427 g/mol. The predicted molar refractivity (Wildman–Crippen MR) is 98.8 cm³/mol. The van der Waals surface area contributed by atoms with Gasteiger partial charge in [0.05, 0.1) is 48.6 Å². The zero-order chi connectivity index (χ0) is 22.1. The number of methoxy groups -OCH3 is 1. The maximum atomic E-state index is 12.9. The van der Waals surface area contributed by atoms with Crippen LogP contribution in [-0.2, 0) is 22.3 Å². The number of alkyl halides is 3. The molecule has 30 heavy (non-hydrogen) atoms. The van der Waals surface area contributed by atoms with Crippen LogP contribution in [-0.4, -0.2) is 57.2 Å². The lowest BCUT2D eigenvalue weighted by molar-refractivity contribution is -0.137. The summed E-state index contributed by atoms with van der Waals surface area (Å²) >= 11 is 0. The molecule has 0 spiro atoms. The number of nitrogens with zero attached hydrogens (tertiary/aromatic N) is 3. The summed E-state index contributed by atoms with van der Waals surface area (Å²) in [7, 11) is 1.19. The number of ether oxygens (including phenoxy) is 1. The molecule has 1 aromatic carbocycles. The lowest BCUT2D eigenvalue weighted by Crippen LogP contribution is -2.52. The Balaban J connectivity index is 1.83. The van der Waals surface area contributed by atoms with E-state index in [2.05, 4.69) is 9.72 Å². The summed E-state index contributed by atoms with van der Waals surface area (Å²) in [6, 6.07) is 1.82. The Morgan fingerprint density at radius 1 is 1.33 bits per heavy atom. The number of Topliss-reactive ketones (excluding diaryl/α,β-unsaturated/α-hetero) is 1. The van der Waals surface area contributed by atoms with Gasteiger partial charge in [0.1, 0.15) is 0 Å². The Hall–Kier alpha value is -2.95. The predicted octanol–water partition coefficient (Wildman–Crippen LogP) is 1.97. The minimum absolute atomic E-state index is 0.0799. The molecule has 11 heteroatoms. The van der Waals surface area contributed by atoms with Crippen LogP contribution in [0.15, 0.2) is 29.3 Å². The average Bonchev–Trinajstić information content (AvgIpc) is 2.70. The third-order valence-electron chi connectivity index (χ3n) is 5.09. The van der Waals surface area contributed by atoms with Crippen LogP contribution in [0.4, 0.5) is 18.0 Å². The molecule has 1 aromatic heterocycles. The number of aliphatic hydroxyl groups excluding tert-OH is 1. The third kappa shape index (κ3) is 4.45. The second-order valence-corrected chi connectivity index (χ2v) is 7.09. The van der Waals surface area contributed by atoms with Crippen LogP contribution in [0.25, 0.3) is 10.9 Å². The van der Waals surface area contributed by atoms with Crippen molar-refractivity contribution in [2.45, 2.75) is 44.1 Å². The molecule has 3 rings (SSSR count). The molecule has 8 nitrogen and oxygen atoms in total. The molecule has 2 aromatic rings. The fourth-order valence-electron chi connectivity index (χ4n) is 3.56. The van der Waals surface area contributed by atoms with Gasteiger partial charge in [-0.3, -0.25) is 14.2 Å². The van der Waals surface area contributed by atoms with Crippen LogP contribution in [0.5, 0.6) is 0 Å². The molecular weight excluding hydrogens is 407 g/mol. The van der Waals surface area contributed by atoms with E-state index in [0.717, 1.165) is 23.0 Å². The van der Waals surface area contributed by atoms with Gasteiger partial charge in [0.15, 0.2) is 5.78 Å². The number of rotatable bonds is 4. The van der Waals surface area contributed by atoms with Crippen LogP contribution < -0.4 is 5.56 Å². The number of likely N-dealkylation sites (tertiary alicyclic amines) is 1. The van der Waals surface area contributed by atoms with Crippen molar-refractivity contribution in [1.82, 2.24) is 14.5 Å². The van der Waals surface area contributed by atoms with Crippen LogP contribution >= 0.6 is 0 Å². The first-order valence-corrected chi connectivity index (χ1v) is 9.22. The standard InChI is InChI=1S/C19H20F3N3O5/c1-30-18(29)25-6-2-3-16(27)15(25)8-12(26)9-24-10-23-14-5-4-11(19(20,21)22)7-13(14)17(24)28/h4-5,7,10,15-16,27H,2-3,6,8-9H2,1H3. The van der Waals surface area contributed by atoms with Gasteiger partial charge >= 0.3 is 12.3 Å². The summed E-state index contributed by atoms with van der Waals surface area (Å²) in [5, 5.41) is 9.96. The van der Waals surface area contributed by atoms with E-state index < -0.39 is 47.9 Å². The summed E-state index contributed by atoms with van der Waals surface area (Å²) in [5.74, 6) is -0.481. The molecule has 2 atom stereocenters. The zero-order valence-electron chi connectivity index (χ0n) is 16.1. The molecule has 0 aliphatic carbocycles. The van der Waals surface area contributed by atoms with Crippen molar-refractivity contribution < 1.29 is 32.6 Å². The van der Waals surface area contributed by atoms with Gasteiger partial charge in [0.25, 0.3) is 5.56 Å². The maximum Gasteiger partial charge on any atom is 0.416 e. The number of amides is 1. The molecule has 0 radical (unpaired) electrons. The van der Waals surface area contributed by atoms with Gasteiger partial charge in [-0.2, -0.15) is 13.2 Å². The Morgan fingerprint density at radius 2 is 2.07 bits per heavy atom. The third-order valence-corrected chi connectivity index (χ3v) is 5.09. The fraction of sp³-hybridized carbons (Fsp3) is 0.474. The van der Waals surface area contributed by atoms with E-state index >= 15 is 0 Å². The van der Waals surface area contributed by atoms with Crippen LogP contribution in [0.1, 0.15) is 24.8 Å². The summed E-state index contributed by atoms with van der Waals surface area (Å²) < 4.78 is 44.4. The van der Waals surface area contributed by atoms with Crippen molar-refractivity contribution in [3.8, 4) is 0 Å². The maximum absolute atomic E-state index is 12.9. The van der Waals surface area contributed by atoms with E-state index in [1.54, 1.807) is 0 Å². The first kappa shape index (κ1) is 21.8. The highest BCUT2D eigenvalue weighted by Gasteiger charge is 2.35. The summed E-state index contributed by atoms with van der Waals surface area (Å²) in [6.07, 6.45) is -4.40. The highest BCUT2D eigenvalue weighted by Crippen LogP contribution is 2.30. The van der Waals surface area contributed by atoms with Crippen molar-refractivity contribution in [3.05, 3.63) is 40.4 Å². The van der Waals surface area contributed by atoms with Gasteiger partial charge in [0, 0.05) is 13.0 Å². The van der Waals surface area contributed by atoms with E-state index in [1.165, 1.54) is 12.0 Å². The lowest BCUT2D eigenvalue weighted by atomic mass is 9.95. The number of hydrogen-bond donors (Lipinski definition) is 1. The van der Waals surface area contributed by atoms with Crippen LogP contribution in [0, 0.1) is 0 Å². The van der Waals surface area contributed by atoms with Crippen molar-refractivity contribution in [1.29, 1.82) is 0 Å². The summed E-state index contributed by atoms with van der Waals surface area (Å²) in [4.78, 5) is 42.2. The number of carbonyl (C=O) groups is 2. The Labute approximate surface area is 168 Å². The number of hydrogen-bond acceptors (Lipinski definition) is 6. The number of benzene rings is 1. The lowest BCUT2D eigenvalue weighted by Gasteiger charge is -2.37. The van der Waals surface area contributed by atoms with Crippen molar-refractivity contribution in [2.75, 3.05) is 13.7 Å². The number of aromatic nitrogens is 2. The second kappa shape index (κ2) is 8.42. The minimum Gasteiger partial charge on any atom is -0.453 e. The van der Waals surface area contributed by atoms with Gasteiger partial charge in [-0.1, -0.05) is 0 Å². The normalized spacial score (nSPS) is 19.7. The summed E-state index contributed by atoms with van der Waals surface area (Å²) in [5.41, 5.74) is -1.69. The molecule has 1 N–H and O–H groups in total. The molecule has 1 aliphatic heterocycles. The number of ketones is 1. The van der Waals surface area contributed by atoms with Gasteiger partial charge in [-0.25, -0.2) is 9.78 Å². The number of carbonyl (C=O) groups excluding carboxylic acids is 2. The van der Waals surface area contributed by atoms with Gasteiger partial charge in [0.2, 0.25) is 0 Å². The molecule has 2 heterocycles. The summed E-state index contributed by atoms with van der Waals surface area (Å²) in [6.45, 7) is -0.129. The molecular formula is C19H20F3N3O5. The Kier molecular flexibility index (Phi) is 6.11. The van der Waals surface area contributed by atoms with Crippen LogP contribution in [0.2, 0.25) is 0 Å². The van der Waals surface area contributed by atoms with E-state index in [4.69, 9.17) is 0 Å². The van der Waals surface area contributed by atoms with Crippen molar-refractivity contribution >= 4 is 22.8 Å². The SMILES string of the molecule is COC(=O)N1CCCC(O)C1CC(=O)Cn1cnc2ccc(C(F)(F)F)cc2c1=O. The molecule has 1 saturated heterocycles. The van der Waals surface area contributed by atoms with E-state index in [1.807, 2.05) is 0 Å². The second-order valence-electron chi connectivity index (χ2n) is 7.09. The highest BCUT2D eigenvalue weighted by atomic mass is 19.4. The first-order chi connectivity index (χ1) is 14.1. The molecule has 2 unspecified atom stereocenters. The molecule has 1 fully saturated rings. The monoisotopic (exact) mass is 427 g/mol. The number of fused-ring (bicyclic) bond motifs is 1. The largest absolute Gasteiger partial charge is 0.453 e. The Bertz CT molecular complexity index is 1020.